The molecule has 25 heavy (non-hydrogen) atoms. The molecule has 7 heteroatoms. The molecule has 1 aliphatic rings. The van der Waals surface area contributed by atoms with Gasteiger partial charge >= 0.3 is 6.09 Å². The van der Waals surface area contributed by atoms with Gasteiger partial charge in [0.1, 0.15) is 6.10 Å². The van der Waals surface area contributed by atoms with Crippen LogP contribution in [0.15, 0.2) is 54.6 Å². The van der Waals surface area contributed by atoms with Crippen molar-refractivity contribution >= 4 is 21.8 Å². The minimum absolute atomic E-state index is 0.0588. The van der Waals surface area contributed by atoms with Crippen molar-refractivity contribution in [2.24, 2.45) is 0 Å². The van der Waals surface area contributed by atoms with Gasteiger partial charge in [-0.15, -0.1) is 0 Å². The van der Waals surface area contributed by atoms with E-state index >= 15 is 0 Å². The summed E-state index contributed by atoms with van der Waals surface area (Å²) in [5.41, 5.74) is 2.53. The summed E-state index contributed by atoms with van der Waals surface area (Å²) >= 11 is 0. The van der Waals surface area contributed by atoms with E-state index in [-0.39, 0.29) is 12.3 Å². The lowest BCUT2D eigenvalue weighted by Gasteiger charge is -2.13. The van der Waals surface area contributed by atoms with Gasteiger partial charge in [0.05, 0.1) is 12.3 Å². The van der Waals surface area contributed by atoms with Crippen LogP contribution in [0.1, 0.15) is 11.1 Å². The first-order chi connectivity index (χ1) is 11.9. The van der Waals surface area contributed by atoms with Crippen LogP contribution in [-0.4, -0.2) is 33.7 Å². The zero-order valence-corrected chi connectivity index (χ0v) is 14.7. The van der Waals surface area contributed by atoms with E-state index in [1.54, 1.807) is 12.1 Å². The molecule has 1 amide bonds. The van der Waals surface area contributed by atoms with E-state index in [0.717, 1.165) is 11.3 Å². The quantitative estimate of drug-likeness (QED) is 0.858. The third-order valence-electron chi connectivity index (χ3n) is 3.95. The third kappa shape index (κ3) is 4.58. The fourth-order valence-corrected chi connectivity index (χ4v) is 3.79. The number of nitrogens with zero attached hydrogens (tertiary/aromatic N) is 1. The maximum Gasteiger partial charge on any atom is 0.414 e. The first-order valence-electron chi connectivity index (χ1n) is 7.99. The highest BCUT2D eigenvalue weighted by Gasteiger charge is 2.32. The van der Waals surface area contributed by atoms with Gasteiger partial charge in [-0.25, -0.2) is 17.9 Å². The highest BCUT2D eigenvalue weighted by atomic mass is 32.2. The zero-order chi connectivity index (χ0) is 17.9. The second kappa shape index (κ2) is 7.25. The van der Waals surface area contributed by atoms with Gasteiger partial charge < -0.3 is 4.74 Å². The first-order valence-corrected chi connectivity index (χ1v) is 9.64. The number of amides is 1. The van der Waals surface area contributed by atoms with Gasteiger partial charge in [-0.3, -0.25) is 4.90 Å². The zero-order valence-electron chi connectivity index (χ0n) is 13.9. The summed E-state index contributed by atoms with van der Waals surface area (Å²) in [7, 11) is -3.49. The predicted octanol–water partition coefficient (Wildman–Crippen LogP) is 2.44. The number of cyclic esters (lactones) is 1. The number of hydrogen-bond donors (Lipinski definition) is 1. The number of hydrogen-bond acceptors (Lipinski definition) is 4. The average Bonchev–Trinajstić information content (AvgIpc) is 2.97. The highest BCUT2D eigenvalue weighted by Crippen LogP contribution is 2.20. The lowest BCUT2D eigenvalue weighted by atomic mass is 10.2. The van der Waals surface area contributed by atoms with Gasteiger partial charge in [-0.2, -0.15) is 0 Å². The number of ether oxygens (including phenoxy) is 1. The molecule has 2 aromatic carbocycles. The Bertz CT molecular complexity index is 835. The predicted molar refractivity (Wildman–Crippen MR) is 95.9 cm³/mol. The number of benzene rings is 2. The molecule has 1 fully saturated rings. The molecule has 0 saturated carbocycles. The molecule has 6 nitrogen and oxygen atoms in total. The summed E-state index contributed by atoms with van der Waals surface area (Å²) in [6.07, 6.45) is -0.977. The Hall–Kier alpha value is -2.38. The normalized spacial score (nSPS) is 17.6. The number of sulfonamides is 1. The minimum Gasteiger partial charge on any atom is -0.443 e. The van der Waals surface area contributed by atoms with Crippen molar-refractivity contribution in [1.82, 2.24) is 4.72 Å². The van der Waals surface area contributed by atoms with E-state index in [2.05, 4.69) is 4.72 Å². The monoisotopic (exact) mass is 360 g/mol. The van der Waals surface area contributed by atoms with E-state index < -0.39 is 22.2 Å². The van der Waals surface area contributed by atoms with E-state index in [1.165, 1.54) is 4.90 Å². The summed E-state index contributed by atoms with van der Waals surface area (Å²) in [6.45, 7) is 2.32. The Kier molecular flexibility index (Phi) is 5.06. The Morgan fingerprint density at radius 3 is 2.48 bits per heavy atom. The van der Waals surface area contributed by atoms with Crippen molar-refractivity contribution in [2.75, 3.05) is 18.0 Å². The van der Waals surface area contributed by atoms with Crippen LogP contribution >= 0.6 is 0 Å². The fourth-order valence-electron chi connectivity index (χ4n) is 2.62. The molecule has 1 N–H and O–H groups in total. The van der Waals surface area contributed by atoms with Crippen molar-refractivity contribution in [1.29, 1.82) is 0 Å². The molecule has 0 bridgehead atoms. The number of rotatable bonds is 6. The summed E-state index contributed by atoms with van der Waals surface area (Å²) in [5.74, 6) is -0.101. The minimum atomic E-state index is -3.49. The van der Waals surface area contributed by atoms with Crippen LogP contribution in [0.2, 0.25) is 0 Å². The van der Waals surface area contributed by atoms with Gasteiger partial charge in [0.25, 0.3) is 0 Å². The van der Waals surface area contributed by atoms with Crippen LogP contribution in [0.4, 0.5) is 10.5 Å². The van der Waals surface area contributed by atoms with Crippen molar-refractivity contribution in [3.05, 3.63) is 65.7 Å². The van der Waals surface area contributed by atoms with Crippen LogP contribution in [0.5, 0.6) is 0 Å². The summed E-state index contributed by atoms with van der Waals surface area (Å²) in [5, 5.41) is 0. The second-order valence-corrected chi connectivity index (χ2v) is 7.85. The van der Waals surface area contributed by atoms with E-state index in [1.807, 2.05) is 49.4 Å². The smallest absolute Gasteiger partial charge is 0.414 e. The van der Waals surface area contributed by atoms with Gasteiger partial charge in [-0.1, -0.05) is 48.0 Å². The Morgan fingerprint density at radius 2 is 1.80 bits per heavy atom. The lowest BCUT2D eigenvalue weighted by Crippen LogP contribution is -2.35. The molecule has 3 rings (SSSR count). The molecule has 1 unspecified atom stereocenters. The number of nitrogens with one attached hydrogen (secondary N) is 1. The molecule has 1 atom stereocenters. The summed E-state index contributed by atoms with van der Waals surface area (Å²) in [6, 6.07) is 16.5. The largest absolute Gasteiger partial charge is 0.443 e. The standard InChI is InChI=1S/C18H20N2O4S/c1-14-7-9-15(10-8-14)13-25(22,23)19-11-17-12-20(18(21)24-17)16-5-3-2-4-6-16/h2-10,17,19H,11-13H2,1H3. The number of carbonyl (C=O) groups is 1. The third-order valence-corrected chi connectivity index (χ3v) is 5.27. The van der Waals surface area contributed by atoms with Crippen LogP contribution < -0.4 is 9.62 Å². The van der Waals surface area contributed by atoms with Crippen molar-refractivity contribution in [3.8, 4) is 0 Å². The maximum atomic E-state index is 12.2. The van der Waals surface area contributed by atoms with Gasteiger partial charge in [0.2, 0.25) is 10.0 Å². The summed E-state index contributed by atoms with van der Waals surface area (Å²) in [4.78, 5) is 13.5. The fraction of sp³-hybridized carbons (Fsp3) is 0.278. The lowest BCUT2D eigenvalue weighted by molar-refractivity contribution is 0.143. The molecule has 0 radical (unpaired) electrons. The molecule has 1 heterocycles. The molecule has 0 aromatic heterocycles. The van der Waals surface area contributed by atoms with E-state index in [4.69, 9.17) is 4.74 Å². The molecule has 0 spiro atoms. The number of para-hydroxylation sites is 1. The first kappa shape index (κ1) is 17.4. The SMILES string of the molecule is Cc1ccc(CS(=O)(=O)NCC2CN(c3ccccc3)C(=O)O2)cc1. The number of anilines is 1. The van der Waals surface area contributed by atoms with Crippen molar-refractivity contribution in [3.63, 3.8) is 0 Å². The van der Waals surface area contributed by atoms with Crippen LogP contribution in [0.3, 0.4) is 0 Å². The Balaban J connectivity index is 1.56. The maximum absolute atomic E-state index is 12.2. The molecule has 1 aliphatic heterocycles. The van der Waals surface area contributed by atoms with Gasteiger partial charge in [0.15, 0.2) is 0 Å². The topological polar surface area (TPSA) is 75.7 Å². The second-order valence-electron chi connectivity index (χ2n) is 6.05. The van der Waals surface area contributed by atoms with Crippen LogP contribution in [-0.2, 0) is 20.5 Å². The van der Waals surface area contributed by atoms with Gasteiger partial charge in [0, 0.05) is 12.2 Å². The Morgan fingerprint density at radius 1 is 1.12 bits per heavy atom. The highest BCUT2D eigenvalue weighted by molar-refractivity contribution is 7.88. The van der Waals surface area contributed by atoms with Crippen molar-refractivity contribution < 1.29 is 17.9 Å². The summed E-state index contributed by atoms with van der Waals surface area (Å²) < 4.78 is 32.2. The molecule has 0 aliphatic carbocycles. The van der Waals surface area contributed by atoms with E-state index in [9.17, 15) is 13.2 Å². The number of carbonyl (C=O) groups excluding carboxylic acids is 1. The number of aryl methyl sites for hydroxylation is 1. The Labute approximate surface area is 147 Å². The molecule has 132 valence electrons. The van der Waals surface area contributed by atoms with E-state index in [0.29, 0.717) is 12.1 Å². The van der Waals surface area contributed by atoms with Gasteiger partial charge in [-0.05, 0) is 24.6 Å². The molecule has 1 saturated heterocycles. The van der Waals surface area contributed by atoms with Crippen LogP contribution in [0, 0.1) is 6.92 Å². The molecular formula is C18H20N2O4S. The van der Waals surface area contributed by atoms with Crippen molar-refractivity contribution in [2.45, 2.75) is 18.8 Å². The van der Waals surface area contributed by atoms with Crippen LogP contribution in [0.25, 0.3) is 0 Å². The molecular weight excluding hydrogens is 340 g/mol. The average molecular weight is 360 g/mol. The molecule has 2 aromatic rings.